The highest BCUT2D eigenvalue weighted by molar-refractivity contribution is 7.92. The summed E-state index contributed by atoms with van der Waals surface area (Å²) in [6.07, 6.45) is 4.38. The van der Waals surface area contributed by atoms with Crippen molar-refractivity contribution >= 4 is 56.8 Å². The Labute approximate surface area is 183 Å². The highest BCUT2D eigenvalue weighted by Crippen LogP contribution is 2.23. The van der Waals surface area contributed by atoms with Gasteiger partial charge in [0.25, 0.3) is 10.0 Å². The van der Waals surface area contributed by atoms with Crippen LogP contribution in [0.2, 0.25) is 10.0 Å². The van der Waals surface area contributed by atoms with E-state index in [2.05, 4.69) is 20.0 Å². The molecule has 1 aromatic heterocycles. The van der Waals surface area contributed by atoms with Gasteiger partial charge in [0.2, 0.25) is 11.9 Å². The average Bonchev–Trinajstić information content (AvgIpc) is 2.69. The number of halogens is 2. The summed E-state index contributed by atoms with van der Waals surface area (Å²) in [4.78, 5) is 20.0. The number of carbonyl (C=O) groups is 1. The third kappa shape index (κ3) is 5.79. The second-order valence-corrected chi connectivity index (χ2v) is 8.64. The summed E-state index contributed by atoms with van der Waals surface area (Å²) < 4.78 is 27.2. The van der Waals surface area contributed by atoms with E-state index in [0.29, 0.717) is 27.0 Å². The fraction of sp³-hybridized carbons (Fsp3) is 0.0500. The number of benzene rings is 2. The van der Waals surface area contributed by atoms with E-state index >= 15 is 0 Å². The summed E-state index contributed by atoms with van der Waals surface area (Å²) in [5, 5.41) is 3.47. The number of amides is 1. The molecule has 1 heterocycles. The molecule has 2 N–H and O–H groups in total. The summed E-state index contributed by atoms with van der Waals surface area (Å²) in [5.74, 6) is -0.400. The van der Waals surface area contributed by atoms with Crippen molar-refractivity contribution in [2.24, 2.45) is 0 Å². The van der Waals surface area contributed by atoms with Crippen molar-refractivity contribution < 1.29 is 13.2 Å². The zero-order chi connectivity index (χ0) is 21.7. The van der Waals surface area contributed by atoms with E-state index in [1.165, 1.54) is 36.5 Å². The largest absolute Gasteiger partial charge is 0.323 e. The molecule has 7 nitrogen and oxygen atoms in total. The van der Waals surface area contributed by atoms with Crippen molar-refractivity contribution in [1.29, 1.82) is 0 Å². The Morgan fingerprint density at radius 2 is 1.77 bits per heavy atom. The molecule has 0 unspecified atom stereocenters. The molecule has 30 heavy (non-hydrogen) atoms. The quantitative estimate of drug-likeness (QED) is 0.523. The summed E-state index contributed by atoms with van der Waals surface area (Å²) >= 11 is 11.8. The van der Waals surface area contributed by atoms with E-state index < -0.39 is 10.0 Å². The van der Waals surface area contributed by atoms with Crippen molar-refractivity contribution in [1.82, 2.24) is 9.97 Å². The molecule has 3 rings (SSSR count). The van der Waals surface area contributed by atoms with E-state index in [-0.39, 0.29) is 16.8 Å². The van der Waals surface area contributed by atoms with Crippen LogP contribution in [0.25, 0.3) is 6.08 Å². The van der Waals surface area contributed by atoms with Crippen molar-refractivity contribution in [3.8, 4) is 0 Å². The van der Waals surface area contributed by atoms with Crippen LogP contribution in [0.5, 0.6) is 0 Å². The van der Waals surface area contributed by atoms with Gasteiger partial charge >= 0.3 is 0 Å². The second kappa shape index (κ2) is 9.25. The Kier molecular flexibility index (Phi) is 6.71. The zero-order valence-corrected chi connectivity index (χ0v) is 18.0. The predicted octanol–water partition coefficient (Wildman–Crippen LogP) is 4.54. The van der Waals surface area contributed by atoms with Gasteiger partial charge in [-0.05, 0) is 61.0 Å². The fourth-order valence-corrected chi connectivity index (χ4v) is 3.62. The molecule has 0 bridgehead atoms. The topological polar surface area (TPSA) is 101 Å². The zero-order valence-electron chi connectivity index (χ0n) is 15.6. The second-order valence-electron chi connectivity index (χ2n) is 6.15. The number of nitrogens with one attached hydrogen (secondary N) is 2. The average molecular weight is 463 g/mol. The van der Waals surface area contributed by atoms with Gasteiger partial charge in [-0.25, -0.2) is 23.1 Å². The maximum atomic E-state index is 12.4. The molecule has 0 aliphatic heterocycles. The number of carbonyl (C=O) groups excluding carboxylic acids is 1. The maximum Gasteiger partial charge on any atom is 0.264 e. The fourth-order valence-electron chi connectivity index (χ4n) is 2.37. The van der Waals surface area contributed by atoms with Crippen LogP contribution >= 0.6 is 23.2 Å². The number of nitrogens with zero attached hydrogens (tertiary/aromatic N) is 2. The molecule has 0 saturated carbocycles. The van der Waals surface area contributed by atoms with Gasteiger partial charge in [0.15, 0.2) is 0 Å². The summed E-state index contributed by atoms with van der Waals surface area (Å²) in [5.41, 5.74) is 1.78. The molecular formula is C20H16Cl2N4O3S. The van der Waals surface area contributed by atoms with Crippen molar-refractivity contribution in [3.05, 3.63) is 82.1 Å². The van der Waals surface area contributed by atoms with Crippen molar-refractivity contribution in [2.45, 2.75) is 11.8 Å². The van der Waals surface area contributed by atoms with Crippen LogP contribution in [0.1, 0.15) is 11.3 Å². The van der Waals surface area contributed by atoms with Gasteiger partial charge in [-0.2, -0.15) is 0 Å². The van der Waals surface area contributed by atoms with Gasteiger partial charge in [-0.3, -0.25) is 4.79 Å². The van der Waals surface area contributed by atoms with Crippen molar-refractivity contribution in [3.63, 3.8) is 0 Å². The lowest BCUT2D eigenvalue weighted by molar-refractivity contribution is -0.111. The van der Waals surface area contributed by atoms with Crippen LogP contribution in [-0.4, -0.2) is 24.3 Å². The monoisotopic (exact) mass is 462 g/mol. The van der Waals surface area contributed by atoms with Gasteiger partial charge in [0.05, 0.1) is 14.9 Å². The molecule has 0 aliphatic carbocycles. The van der Waals surface area contributed by atoms with Crippen molar-refractivity contribution in [2.75, 3.05) is 10.0 Å². The van der Waals surface area contributed by atoms with Gasteiger partial charge in [0, 0.05) is 23.7 Å². The summed E-state index contributed by atoms with van der Waals surface area (Å²) in [6, 6.07) is 12.4. The number of sulfonamides is 1. The molecule has 0 radical (unpaired) electrons. The normalized spacial score (nSPS) is 11.4. The molecule has 3 aromatic rings. The van der Waals surface area contributed by atoms with E-state index in [1.807, 2.05) is 0 Å². The van der Waals surface area contributed by atoms with Crippen LogP contribution in [0.15, 0.2) is 65.7 Å². The number of aryl methyl sites for hydroxylation is 1. The Morgan fingerprint density at radius 3 is 2.43 bits per heavy atom. The van der Waals surface area contributed by atoms with E-state index in [1.54, 1.807) is 37.3 Å². The third-order valence-corrected chi connectivity index (χ3v) is 5.91. The molecule has 0 fully saturated rings. The van der Waals surface area contributed by atoms with Gasteiger partial charge in [-0.15, -0.1) is 0 Å². The first kappa shape index (κ1) is 21.8. The summed E-state index contributed by atoms with van der Waals surface area (Å²) in [6.45, 7) is 1.73. The van der Waals surface area contributed by atoms with E-state index in [4.69, 9.17) is 23.2 Å². The lowest BCUT2D eigenvalue weighted by Crippen LogP contribution is -2.15. The molecular weight excluding hydrogens is 447 g/mol. The third-order valence-electron chi connectivity index (χ3n) is 3.82. The molecule has 0 spiro atoms. The minimum absolute atomic E-state index is 0.0111. The van der Waals surface area contributed by atoms with Crippen LogP contribution in [-0.2, 0) is 14.8 Å². The van der Waals surface area contributed by atoms with Crippen LogP contribution < -0.4 is 10.0 Å². The maximum absolute atomic E-state index is 12.4. The molecule has 0 saturated heterocycles. The minimum Gasteiger partial charge on any atom is -0.323 e. The first-order valence-electron chi connectivity index (χ1n) is 8.59. The van der Waals surface area contributed by atoms with E-state index in [9.17, 15) is 13.2 Å². The van der Waals surface area contributed by atoms with E-state index in [0.717, 1.165) is 0 Å². The van der Waals surface area contributed by atoms with Gasteiger partial charge in [-0.1, -0.05) is 29.3 Å². The Morgan fingerprint density at radius 1 is 1.03 bits per heavy atom. The van der Waals surface area contributed by atoms with Crippen LogP contribution in [0.4, 0.5) is 11.6 Å². The predicted molar refractivity (Wildman–Crippen MR) is 118 cm³/mol. The number of aromatic nitrogens is 2. The summed E-state index contributed by atoms with van der Waals surface area (Å²) in [7, 11) is -3.85. The first-order chi connectivity index (χ1) is 14.2. The number of hydrogen-bond donors (Lipinski definition) is 2. The lowest BCUT2D eigenvalue weighted by Gasteiger charge is -2.08. The Balaban J connectivity index is 1.65. The first-order valence-corrected chi connectivity index (χ1v) is 10.8. The smallest absolute Gasteiger partial charge is 0.264 e. The van der Waals surface area contributed by atoms with Gasteiger partial charge < -0.3 is 5.32 Å². The molecule has 154 valence electrons. The minimum atomic E-state index is -3.85. The molecule has 0 atom stereocenters. The molecule has 10 heteroatoms. The number of anilines is 2. The Hall–Kier alpha value is -2.94. The number of hydrogen-bond acceptors (Lipinski definition) is 5. The lowest BCUT2D eigenvalue weighted by atomic mass is 10.2. The SMILES string of the molecule is Cc1ccnc(NS(=O)(=O)c2ccc(NC(=O)C=Cc3ccc(Cl)c(Cl)c3)cc2)n1. The Bertz CT molecular complexity index is 1210. The van der Waals surface area contributed by atoms with Crippen LogP contribution in [0.3, 0.4) is 0 Å². The molecule has 0 aliphatic rings. The van der Waals surface area contributed by atoms with Gasteiger partial charge in [0.1, 0.15) is 0 Å². The highest BCUT2D eigenvalue weighted by Gasteiger charge is 2.15. The molecule has 1 amide bonds. The highest BCUT2D eigenvalue weighted by atomic mass is 35.5. The standard InChI is InChI=1S/C20H16Cl2N4O3S/c1-13-10-11-23-20(24-13)26-30(28,29)16-6-4-15(5-7-16)25-19(27)9-3-14-2-8-17(21)18(22)12-14/h2-12H,1H3,(H,25,27)(H,23,24,26). The van der Waals surface area contributed by atoms with Crippen LogP contribution in [0, 0.1) is 6.92 Å². The molecule has 2 aromatic carbocycles. The number of rotatable bonds is 6.